The topological polar surface area (TPSA) is 97.0 Å². The van der Waals surface area contributed by atoms with Gasteiger partial charge in [0.25, 0.3) is 11.8 Å². The highest BCUT2D eigenvalue weighted by Gasteiger charge is 2.29. The summed E-state index contributed by atoms with van der Waals surface area (Å²) in [5, 5.41) is 5.68. The predicted octanol–water partition coefficient (Wildman–Crippen LogP) is 4.30. The van der Waals surface area contributed by atoms with Gasteiger partial charge in [0.15, 0.2) is 11.5 Å². The molecule has 0 aliphatic carbocycles. The molecule has 0 radical (unpaired) electrons. The van der Waals surface area contributed by atoms with E-state index in [9.17, 15) is 18.8 Å². The number of nitrogens with one attached hydrogen (secondary N) is 2. The van der Waals surface area contributed by atoms with Crippen LogP contribution in [0.5, 0.6) is 11.5 Å². The van der Waals surface area contributed by atoms with Crippen LogP contribution < -0.4 is 20.1 Å². The van der Waals surface area contributed by atoms with Crippen LogP contribution in [-0.2, 0) is 4.79 Å². The van der Waals surface area contributed by atoms with E-state index in [-0.39, 0.29) is 31.1 Å². The molecule has 0 spiro atoms. The molecule has 3 amide bonds. The van der Waals surface area contributed by atoms with Gasteiger partial charge in [0.05, 0.1) is 17.2 Å². The van der Waals surface area contributed by atoms with Crippen molar-refractivity contribution in [3.63, 3.8) is 0 Å². The van der Waals surface area contributed by atoms with Gasteiger partial charge in [-0.05, 0) is 61.4 Å². The van der Waals surface area contributed by atoms with E-state index < -0.39 is 11.7 Å². The Bertz CT molecular complexity index is 1310. The van der Waals surface area contributed by atoms with Crippen LogP contribution in [0.3, 0.4) is 0 Å². The maximum absolute atomic E-state index is 13.2. The fourth-order valence-corrected chi connectivity index (χ4v) is 4.35. The largest absolute Gasteiger partial charge is 0.454 e. The van der Waals surface area contributed by atoms with E-state index in [1.165, 1.54) is 24.3 Å². The van der Waals surface area contributed by atoms with E-state index in [1.54, 1.807) is 47.4 Å². The number of anilines is 2. The molecule has 36 heavy (non-hydrogen) atoms. The minimum atomic E-state index is -0.437. The Kier molecular flexibility index (Phi) is 6.53. The van der Waals surface area contributed by atoms with Crippen LogP contribution in [0.4, 0.5) is 15.8 Å². The predicted molar refractivity (Wildman–Crippen MR) is 131 cm³/mol. The number of nitrogens with zero attached hydrogens (tertiary/aromatic N) is 1. The number of halogens is 1. The molecular weight excluding hydrogens is 465 g/mol. The Labute approximate surface area is 207 Å². The minimum Gasteiger partial charge on any atom is -0.454 e. The van der Waals surface area contributed by atoms with Gasteiger partial charge in [-0.3, -0.25) is 14.4 Å². The number of para-hydroxylation sites is 1. The Morgan fingerprint density at radius 1 is 0.917 bits per heavy atom. The van der Waals surface area contributed by atoms with Gasteiger partial charge >= 0.3 is 0 Å². The Morgan fingerprint density at radius 2 is 1.69 bits per heavy atom. The zero-order valence-corrected chi connectivity index (χ0v) is 19.3. The number of amides is 3. The van der Waals surface area contributed by atoms with Crippen molar-refractivity contribution in [2.45, 2.75) is 12.8 Å². The molecule has 184 valence electrons. The Hall–Kier alpha value is -4.40. The monoisotopic (exact) mass is 489 g/mol. The molecule has 2 aliphatic rings. The molecule has 1 fully saturated rings. The maximum Gasteiger partial charge on any atom is 0.257 e. The minimum absolute atomic E-state index is 0.135. The Morgan fingerprint density at radius 3 is 2.53 bits per heavy atom. The summed E-state index contributed by atoms with van der Waals surface area (Å²) in [6.07, 6.45) is 1.28. The zero-order valence-electron chi connectivity index (χ0n) is 19.3. The summed E-state index contributed by atoms with van der Waals surface area (Å²) in [5.74, 6) is -0.587. The third kappa shape index (κ3) is 5.00. The first-order valence-electron chi connectivity index (χ1n) is 11.6. The summed E-state index contributed by atoms with van der Waals surface area (Å²) in [4.78, 5) is 40.6. The smallest absolute Gasteiger partial charge is 0.257 e. The fraction of sp³-hybridized carbons (Fsp3) is 0.222. The maximum atomic E-state index is 13.2. The third-order valence-electron chi connectivity index (χ3n) is 6.23. The molecule has 2 aliphatic heterocycles. The average molecular weight is 490 g/mol. The first-order valence-corrected chi connectivity index (χ1v) is 11.6. The van der Waals surface area contributed by atoms with Gasteiger partial charge in [-0.1, -0.05) is 12.1 Å². The van der Waals surface area contributed by atoms with Crippen LogP contribution in [0.1, 0.15) is 33.6 Å². The lowest BCUT2D eigenvalue weighted by Crippen LogP contribution is -2.43. The number of likely N-dealkylation sites (tertiary alicyclic amines) is 1. The molecule has 2 heterocycles. The van der Waals surface area contributed by atoms with Crippen molar-refractivity contribution >= 4 is 29.1 Å². The zero-order chi connectivity index (χ0) is 25.1. The van der Waals surface area contributed by atoms with Gasteiger partial charge in [0.1, 0.15) is 5.82 Å². The van der Waals surface area contributed by atoms with Crippen molar-refractivity contribution in [3.05, 3.63) is 83.7 Å². The Balaban J connectivity index is 1.25. The average Bonchev–Trinajstić information content (AvgIpc) is 3.37. The van der Waals surface area contributed by atoms with E-state index >= 15 is 0 Å². The van der Waals surface area contributed by atoms with E-state index in [0.29, 0.717) is 53.4 Å². The summed E-state index contributed by atoms with van der Waals surface area (Å²) in [6.45, 7) is 0.901. The molecule has 3 aromatic carbocycles. The second-order valence-electron chi connectivity index (χ2n) is 8.65. The van der Waals surface area contributed by atoms with Gasteiger partial charge in [0.2, 0.25) is 12.7 Å². The summed E-state index contributed by atoms with van der Waals surface area (Å²) in [6, 6.07) is 17.2. The quantitative estimate of drug-likeness (QED) is 0.557. The third-order valence-corrected chi connectivity index (χ3v) is 6.23. The van der Waals surface area contributed by atoms with Crippen LogP contribution in [-0.4, -0.2) is 42.5 Å². The van der Waals surface area contributed by atoms with E-state index in [1.807, 2.05) is 0 Å². The van der Waals surface area contributed by atoms with Gasteiger partial charge < -0.3 is 25.0 Å². The second kappa shape index (κ2) is 10.1. The number of ether oxygens (including phenoxy) is 2. The molecule has 0 bridgehead atoms. The van der Waals surface area contributed by atoms with Crippen molar-refractivity contribution in [2.75, 3.05) is 30.5 Å². The molecular formula is C27H24FN3O5. The number of benzene rings is 3. The number of hydrogen-bond donors (Lipinski definition) is 2. The lowest BCUT2D eigenvalue weighted by Gasteiger charge is -2.32. The SMILES string of the molecule is O=C(Nc1ccc2c(c1)OCO2)c1ccccc1NC(=O)C1CCCN(C(=O)c2ccc(F)cc2)C1. The number of carbonyl (C=O) groups excluding carboxylic acids is 3. The molecule has 0 saturated carbocycles. The van der Waals surface area contributed by atoms with Crippen molar-refractivity contribution in [3.8, 4) is 11.5 Å². The highest BCUT2D eigenvalue weighted by molar-refractivity contribution is 6.10. The number of rotatable bonds is 5. The second-order valence-corrected chi connectivity index (χ2v) is 8.65. The number of carbonyl (C=O) groups is 3. The molecule has 1 saturated heterocycles. The van der Waals surface area contributed by atoms with Gasteiger partial charge in [-0.2, -0.15) is 0 Å². The highest BCUT2D eigenvalue weighted by Crippen LogP contribution is 2.34. The lowest BCUT2D eigenvalue weighted by atomic mass is 9.96. The molecule has 2 N–H and O–H groups in total. The number of piperidine rings is 1. The van der Waals surface area contributed by atoms with Crippen molar-refractivity contribution in [2.24, 2.45) is 5.92 Å². The van der Waals surface area contributed by atoms with Crippen LogP contribution in [0.25, 0.3) is 0 Å². The van der Waals surface area contributed by atoms with E-state index in [2.05, 4.69) is 10.6 Å². The van der Waals surface area contributed by atoms with Crippen LogP contribution in [0.15, 0.2) is 66.7 Å². The van der Waals surface area contributed by atoms with Crippen LogP contribution in [0, 0.1) is 11.7 Å². The molecule has 3 aromatic rings. The normalized spacial score (nSPS) is 16.4. The fourth-order valence-electron chi connectivity index (χ4n) is 4.35. The lowest BCUT2D eigenvalue weighted by molar-refractivity contribution is -0.121. The van der Waals surface area contributed by atoms with Crippen molar-refractivity contribution in [1.29, 1.82) is 0 Å². The van der Waals surface area contributed by atoms with Gasteiger partial charge in [-0.15, -0.1) is 0 Å². The van der Waals surface area contributed by atoms with Crippen molar-refractivity contribution < 1.29 is 28.2 Å². The number of hydrogen-bond acceptors (Lipinski definition) is 5. The first-order chi connectivity index (χ1) is 17.5. The molecule has 8 nitrogen and oxygen atoms in total. The van der Waals surface area contributed by atoms with E-state index in [4.69, 9.17) is 9.47 Å². The molecule has 1 unspecified atom stereocenters. The van der Waals surface area contributed by atoms with Crippen molar-refractivity contribution in [1.82, 2.24) is 4.90 Å². The summed E-state index contributed by atoms with van der Waals surface area (Å²) in [5.41, 5.74) is 1.59. The summed E-state index contributed by atoms with van der Waals surface area (Å²) in [7, 11) is 0. The van der Waals surface area contributed by atoms with Crippen LogP contribution >= 0.6 is 0 Å². The van der Waals surface area contributed by atoms with Crippen LogP contribution in [0.2, 0.25) is 0 Å². The molecule has 1 atom stereocenters. The molecule has 5 rings (SSSR count). The summed E-state index contributed by atoms with van der Waals surface area (Å²) < 4.78 is 23.9. The summed E-state index contributed by atoms with van der Waals surface area (Å²) >= 11 is 0. The van der Waals surface area contributed by atoms with Gasteiger partial charge in [0, 0.05) is 30.4 Å². The highest BCUT2D eigenvalue weighted by atomic mass is 19.1. The molecule has 9 heteroatoms. The van der Waals surface area contributed by atoms with E-state index in [0.717, 1.165) is 0 Å². The standard InChI is InChI=1S/C27H24FN3O5/c28-19-9-7-17(8-10-19)27(34)31-13-3-4-18(15-31)25(32)30-22-6-2-1-5-21(22)26(33)29-20-11-12-23-24(14-20)36-16-35-23/h1-2,5-12,14,18H,3-4,13,15-16H2,(H,29,33)(H,30,32). The molecule has 0 aromatic heterocycles. The number of fused-ring (bicyclic) bond motifs is 1. The first kappa shape index (κ1) is 23.3. The van der Waals surface area contributed by atoms with Gasteiger partial charge in [-0.25, -0.2) is 4.39 Å².